The van der Waals surface area contributed by atoms with E-state index < -0.39 is 7.60 Å². The molecule has 0 aliphatic heterocycles. The maximum absolute atomic E-state index is 10.9. The number of allylic oxidation sites excluding steroid dienone is 1. The summed E-state index contributed by atoms with van der Waals surface area (Å²) in [5.74, 6) is 0.998. The van der Waals surface area contributed by atoms with E-state index in [1.165, 1.54) is 5.57 Å². The number of nitrogens with zero attached hydrogens (tertiary/aromatic N) is 2. The maximum atomic E-state index is 10.9. The molecular formula is C25H32N3O4P. The van der Waals surface area contributed by atoms with E-state index in [1.807, 2.05) is 36.4 Å². The van der Waals surface area contributed by atoms with Crippen LogP contribution in [0.2, 0.25) is 0 Å². The Labute approximate surface area is 195 Å². The Balaban J connectivity index is 1.71. The number of benzene rings is 2. The lowest BCUT2D eigenvalue weighted by atomic mass is 10.0. The zero-order valence-electron chi connectivity index (χ0n) is 19.2. The summed E-state index contributed by atoms with van der Waals surface area (Å²) >= 11 is 0. The smallest absolute Gasteiger partial charge is 0.325 e. The van der Waals surface area contributed by atoms with Gasteiger partial charge >= 0.3 is 7.60 Å². The van der Waals surface area contributed by atoms with Gasteiger partial charge in [-0.2, -0.15) is 0 Å². The van der Waals surface area contributed by atoms with Gasteiger partial charge < -0.3 is 19.5 Å². The average molecular weight is 470 g/mol. The molecule has 2 aromatic carbocycles. The fraction of sp³-hybridized carbons (Fsp3) is 0.360. The van der Waals surface area contributed by atoms with E-state index >= 15 is 0 Å². The van der Waals surface area contributed by atoms with Crippen molar-refractivity contribution >= 4 is 19.2 Å². The van der Waals surface area contributed by atoms with Crippen LogP contribution in [0.15, 0.2) is 52.9 Å². The normalized spacial score (nSPS) is 12.3. The van der Waals surface area contributed by atoms with Crippen LogP contribution in [0.4, 0.5) is 0 Å². The van der Waals surface area contributed by atoms with Crippen LogP contribution in [0, 0.1) is 0 Å². The van der Waals surface area contributed by atoms with Crippen LogP contribution in [0.5, 0.6) is 0 Å². The summed E-state index contributed by atoms with van der Waals surface area (Å²) in [6, 6.07) is 16.4. The largest absolute Gasteiger partial charge is 0.417 e. The highest BCUT2D eigenvalue weighted by Gasteiger charge is 2.14. The van der Waals surface area contributed by atoms with Gasteiger partial charge in [0.25, 0.3) is 0 Å². The van der Waals surface area contributed by atoms with Crippen LogP contribution in [0.3, 0.4) is 0 Å². The van der Waals surface area contributed by atoms with Crippen molar-refractivity contribution in [2.24, 2.45) is 0 Å². The molecule has 0 saturated carbocycles. The van der Waals surface area contributed by atoms with Crippen LogP contribution in [-0.4, -0.2) is 32.7 Å². The molecule has 0 aliphatic carbocycles. The topological polar surface area (TPSA) is 108 Å². The molecule has 0 atom stereocenters. The van der Waals surface area contributed by atoms with Gasteiger partial charge in [-0.05, 0) is 54.1 Å². The highest BCUT2D eigenvalue weighted by atomic mass is 31.2. The summed E-state index contributed by atoms with van der Waals surface area (Å²) in [6.45, 7) is 5.42. The minimum Gasteiger partial charge on any atom is -0.417 e. The summed E-state index contributed by atoms with van der Waals surface area (Å²) in [4.78, 5) is 17.9. The molecule has 0 radical (unpaired) electrons. The van der Waals surface area contributed by atoms with E-state index in [0.717, 1.165) is 41.5 Å². The Hall–Kier alpha value is -2.57. The van der Waals surface area contributed by atoms with Gasteiger partial charge in [0.05, 0.1) is 6.16 Å². The fourth-order valence-electron chi connectivity index (χ4n) is 3.67. The van der Waals surface area contributed by atoms with E-state index in [2.05, 4.69) is 47.6 Å². The van der Waals surface area contributed by atoms with Crippen molar-refractivity contribution in [1.82, 2.24) is 15.5 Å². The second-order valence-corrected chi connectivity index (χ2v) is 9.77. The second-order valence-electron chi connectivity index (χ2n) is 7.99. The molecular weight excluding hydrogens is 437 g/mol. The van der Waals surface area contributed by atoms with Crippen molar-refractivity contribution in [2.75, 3.05) is 12.7 Å². The van der Waals surface area contributed by atoms with Crippen LogP contribution in [0.1, 0.15) is 55.7 Å². The first-order chi connectivity index (χ1) is 15.9. The summed E-state index contributed by atoms with van der Waals surface area (Å²) in [7, 11) is -3.93. The van der Waals surface area contributed by atoms with E-state index in [-0.39, 0.29) is 6.16 Å². The Kier molecular flexibility index (Phi) is 9.15. The molecule has 0 fully saturated rings. The molecule has 1 heterocycles. The first kappa shape index (κ1) is 25.1. The molecule has 3 rings (SSSR count). The predicted molar refractivity (Wildman–Crippen MR) is 132 cm³/mol. The standard InChI is InChI=1S/C25H32N3O4P/c1-3-9-22(21-10-6-5-7-11-21)17-24-27-28-25(32-24)23-13-12-19(16-20(23)4-2)18-26-14-8-15-33(29,30)31/h5-7,10-13,16-17,26H,3-4,8-9,14-15,18H2,1-2H3,(H2,29,30,31). The summed E-state index contributed by atoms with van der Waals surface area (Å²) in [5.41, 5.74) is 5.46. The zero-order chi connectivity index (χ0) is 23.7. The van der Waals surface area contributed by atoms with Crippen LogP contribution in [-0.2, 0) is 17.5 Å². The molecule has 8 heteroatoms. The van der Waals surface area contributed by atoms with Crippen molar-refractivity contribution < 1.29 is 18.8 Å². The minimum absolute atomic E-state index is 0.0999. The predicted octanol–water partition coefficient (Wildman–Crippen LogP) is 5.30. The zero-order valence-corrected chi connectivity index (χ0v) is 20.1. The van der Waals surface area contributed by atoms with Crippen LogP contribution < -0.4 is 5.32 Å². The van der Waals surface area contributed by atoms with Gasteiger partial charge in [0, 0.05) is 18.2 Å². The van der Waals surface area contributed by atoms with Crippen molar-refractivity contribution in [3.05, 3.63) is 71.1 Å². The molecule has 33 heavy (non-hydrogen) atoms. The van der Waals surface area contributed by atoms with E-state index in [0.29, 0.717) is 31.3 Å². The number of aryl methyl sites for hydroxylation is 1. The molecule has 0 spiro atoms. The van der Waals surface area contributed by atoms with E-state index in [1.54, 1.807) is 0 Å². The monoisotopic (exact) mass is 469 g/mol. The third-order valence-corrected chi connectivity index (χ3v) is 6.21. The quantitative estimate of drug-likeness (QED) is 0.244. The molecule has 0 amide bonds. The minimum atomic E-state index is -3.93. The van der Waals surface area contributed by atoms with Gasteiger partial charge in [0.2, 0.25) is 11.8 Å². The summed E-state index contributed by atoms with van der Waals surface area (Å²) < 4.78 is 16.9. The number of hydrogen-bond donors (Lipinski definition) is 3. The van der Waals surface area contributed by atoms with Gasteiger partial charge in [-0.25, -0.2) is 0 Å². The van der Waals surface area contributed by atoms with E-state index in [4.69, 9.17) is 14.2 Å². The molecule has 0 aliphatic rings. The van der Waals surface area contributed by atoms with Crippen molar-refractivity contribution in [2.45, 2.75) is 46.1 Å². The molecule has 0 saturated heterocycles. The fourth-order valence-corrected chi connectivity index (χ4v) is 4.24. The summed E-state index contributed by atoms with van der Waals surface area (Å²) in [6.07, 6.45) is 5.08. The number of aromatic nitrogens is 2. The second kappa shape index (κ2) is 12.1. The lowest BCUT2D eigenvalue weighted by molar-refractivity contribution is 0.371. The molecule has 3 N–H and O–H groups in total. The first-order valence-corrected chi connectivity index (χ1v) is 13.2. The van der Waals surface area contributed by atoms with Crippen molar-refractivity contribution in [3.63, 3.8) is 0 Å². The SMILES string of the molecule is CCCC(=Cc1nnc(-c2ccc(CNCCCP(=O)(O)O)cc2CC)o1)c1ccccc1. The Morgan fingerprint density at radius 3 is 2.61 bits per heavy atom. The molecule has 3 aromatic rings. The number of rotatable bonds is 12. The Morgan fingerprint density at radius 2 is 1.91 bits per heavy atom. The molecule has 0 bridgehead atoms. The average Bonchev–Trinajstić information content (AvgIpc) is 3.26. The van der Waals surface area contributed by atoms with Crippen LogP contribution >= 0.6 is 7.60 Å². The highest BCUT2D eigenvalue weighted by Crippen LogP contribution is 2.34. The molecule has 7 nitrogen and oxygen atoms in total. The lowest BCUT2D eigenvalue weighted by Crippen LogP contribution is -2.16. The number of nitrogens with one attached hydrogen (secondary N) is 1. The van der Waals surface area contributed by atoms with Crippen molar-refractivity contribution in [1.29, 1.82) is 0 Å². The van der Waals surface area contributed by atoms with Crippen molar-refractivity contribution in [3.8, 4) is 11.5 Å². The van der Waals surface area contributed by atoms with Crippen LogP contribution in [0.25, 0.3) is 23.1 Å². The Morgan fingerprint density at radius 1 is 1.12 bits per heavy atom. The number of hydrogen-bond acceptors (Lipinski definition) is 5. The third kappa shape index (κ3) is 7.76. The molecule has 176 valence electrons. The van der Waals surface area contributed by atoms with Gasteiger partial charge in [-0.1, -0.05) is 62.7 Å². The molecule has 1 aromatic heterocycles. The Bertz CT molecular complexity index is 1110. The van der Waals surface area contributed by atoms with Gasteiger partial charge in [0.15, 0.2) is 0 Å². The maximum Gasteiger partial charge on any atom is 0.325 e. The summed E-state index contributed by atoms with van der Waals surface area (Å²) in [5, 5.41) is 11.8. The molecule has 0 unspecified atom stereocenters. The first-order valence-electron chi connectivity index (χ1n) is 11.4. The lowest BCUT2D eigenvalue weighted by Gasteiger charge is -2.09. The van der Waals surface area contributed by atoms with Gasteiger partial charge in [-0.3, -0.25) is 4.57 Å². The van der Waals surface area contributed by atoms with Gasteiger partial charge in [0.1, 0.15) is 0 Å². The van der Waals surface area contributed by atoms with Gasteiger partial charge in [-0.15, -0.1) is 10.2 Å². The third-order valence-electron chi connectivity index (χ3n) is 5.32. The van der Waals surface area contributed by atoms with E-state index in [9.17, 15) is 4.57 Å². The highest BCUT2D eigenvalue weighted by molar-refractivity contribution is 7.51.